The third kappa shape index (κ3) is 26.0. The van der Waals surface area contributed by atoms with Crippen molar-refractivity contribution >= 4 is 0 Å². The molecule has 0 amide bonds. The van der Waals surface area contributed by atoms with Crippen LogP contribution in [0.4, 0.5) is 0 Å². The van der Waals surface area contributed by atoms with E-state index in [9.17, 15) is 0 Å². The molecule has 15 rings (SSSR count). The Balaban J connectivity index is 0.000000206. The van der Waals surface area contributed by atoms with Gasteiger partial charge in [-0.25, -0.2) is 0 Å². The minimum Gasteiger partial charge on any atom is -0.358 e. The molecule has 6 bridgehead atoms. The van der Waals surface area contributed by atoms with Crippen molar-refractivity contribution in [3.8, 4) is 11.1 Å². The van der Waals surface area contributed by atoms with Crippen LogP contribution in [0.1, 0.15) is 218 Å². The molecule has 0 unspecified atom stereocenters. The summed E-state index contributed by atoms with van der Waals surface area (Å²) in [6, 6.07) is 41.8. The fraction of sp³-hybridized carbons (Fsp3) is 0.591. The van der Waals surface area contributed by atoms with Crippen molar-refractivity contribution in [2.45, 2.75) is 213 Å². The smallest absolute Gasteiger partial charge is 0 e. The summed E-state index contributed by atoms with van der Waals surface area (Å²) in [7, 11) is 0. The molecule has 1 radical (unpaired) electrons. The van der Waals surface area contributed by atoms with Gasteiger partial charge in [0.1, 0.15) is 0 Å². The van der Waals surface area contributed by atoms with Crippen molar-refractivity contribution in [2.75, 3.05) is 0 Å². The van der Waals surface area contributed by atoms with E-state index in [1.807, 2.05) is 26.0 Å². The standard InChI is InChI=1S/C13H12.C12H10.C8H14.C8H12.C7H12.C6H12.C5H10.C4H8.C2H6.CH3.Y/c1-3-7-12(8-4-1)11-13-9-5-2-6-10-13;1-3-7-11(8-4-1)12-9-5-2-6-10-12;2*1-2-8-5-3-7(1)4-6-8;1-2-7-4-3-6(1)5-7;1-2-4-6-5-3-1;1-2-4-5-3-1;1-2-4-3-1;1-2;;/h1-10H,11H2;1-10H;7-8H,1-6H2;1-2,7-8H,3-6H2;6-7H,1-5H2;1-6H2;1-5H2;1-4H2;1-2H3;1H3;/q;;;;;;;;;-1;. The molecule has 1 heteroatoms. The molecule has 367 valence electrons. The van der Waals surface area contributed by atoms with Crippen molar-refractivity contribution in [3.05, 3.63) is 152 Å². The van der Waals surface area contributed by atoms with Gasteiger partial charge in [0, 0.05) is 32.7 Å². The van der Waals surface area contributed by atoms with E-state index in [-0.39, 0.29) is 40.1 Å². The van der Waals surface area contributed by atoms with Crippen LogP contribution >= 0.6 is 0 Å². The summed E-state index contributed by atoms with van der Waals surface area (Å²) in [6.45, 7) is 4.00. The number of rotatable bonds is 3. The van der Waals surface area contributed by atoms with Crippen LogP contribution < -0.4 is 0 Å². The molecule has 0 atom stereocenters. The van der Waals surface area contributed by atoms with Crippen LogP contribution in [-0.4, -0.2) is 0 Å². The van der Waals surface area contributed by atoms with Gasteiger partial charge in [0.2, 0.25) is 0 Å². The normalized spacial score (nSPS) is 24.6. The Hall–Kier alpha value is -2.28. The Kier molecular flexibility index (Phi) is 33.9. The molecule has 11 aliphatic carbocycles. The molecular weight excluding hydrogens is 882 g/mol. The number of hydrogen-bond acceptors (Lipinski definition) is 0. The van der Waals surface area contributed by atoms with E-state index in [1.165, 1.54) is 156 Å². The van der Waals surface area contributed by atoms with Gasteiger partial charge in [-0.05, 0) is 96.3 Å². The van der Waals surface area contributed by atoms with Crippen LogP contribution in [-0.2, 0) is 39.1 Å². The molecule has 0 nitrogen and oxygen atoms in total. The molecule has 0 aromatic heterocycles. The molecule has 0 N–H and O–H groups in total. The molecule has 0 spiro atoms. The van der Waals surface area contributed by atoms with Crippen molar-refractivity contribution in [1.29, 1.82) is 0 Å². The molecule has 11 aliphatic rings. The molecule has 67 heavy (non-hydrogen) atoms. The average Bonchev–Trinajstić information content (AvgIpc) is 4.23. The quantitative estimate of drug-likeness (QED) is 0.142. The van der Waals surface area contributed by atoms with Gasteiger partial charge in [-0.2, -0.15) is 0 Å². The maximum absolute atomic E-state index is 2.41. The van der Waals surface area contributed by atoms with Gasteiger partial charge < -0.3 is 7.43 Å². The number of fused-ring (bicyclic) bond motifs is 7. The summed E-state index contributed by atoms with van der Waals surface area (Å²) >= 11 is 0. The molecule has 0 heterocycles. The summed E-state index contributed by atoms with van der Waals surface area (Å²) in [4.78, 5) is 0. The zero-order valence-corrected chi connectivity index (χ0v) is 46.5. The zero-order chi connectivity index (χ0) is 45.3. The molecule has 0 aliphatic heterocycles. The molecule has 0 saturated heterocycles. The largest absolute Gasteiger partial charge is 0.358 e. The molecule has 4 aromatic rings. The van der Waals surface area contributed by atoms with E-state index >= 15 is 0 Å². The summed E-state index contributed by atoms with van der Waals surface area (Å²) in [5.74, 6) is 6.59. The number of hydrogen-bond donors (Lipinski definition) is 0. The fourth-order valence-electron chi connectivity index (χ4n) is 11.2. The predicted molar refractivity (Wildman–Crippen MR) is 294 cm³/mol. The van der Waals surface area contributed by atoms with E-state index in [0.29, 0.717) is 0 Å². The topological polar surface area (TPSA) is 0 Å². The third-order valence-corrected chi connectivity index (χ3v) is 15.8. The zero-order valence-electron chi connectivity index (χ0n) is 43.7. The van der Waals surface area contributed by atoms with E-state index in [0.717, 1.165) is 30.1 Å². The summed E-state index contributed by atoms with van der Waals surface area (Å²) in [5.41, 5.74) is 5.29. The maximum Gasteiger partial charge on any atom is 0 e. The predicted octanol–water partition coefficient (Wildman–Crippen LogP) is 21.1. The van der Waals surface area contributed by atoms with E-state index < -0.39 is 0 Å². The van der Waals surface area contributed by atoms with Gasteiger partial charge in [-0.1, -0.05) is 308 Å². The Morgan fingerprint density at radius 1 is 0.299 bits per heavy atom. The van der Waals surface area contributed by atoms with E-state index in [1.54, 1.807) is 70.6 Å². The molecule has 9 fully saturated rings. The van der Waals surface area contributed by atoms with Crippen molar-refractivity contribution in [1.82, 2.24) is 0 Å². The average molecular weight is 981 g/mol. The number of allylic oxidation sites excluding steroid dienone is 2. The molecular formula is C66H99Y-. The van der Waals surface area contributed by atoms with Crippen LogP contribution in [0.25, 0.3) is 11.1 Å². The van der Waals surface area contributed by atoms with Gasteiger partial charge >= 0.3 is 0 Å². The first-order valence-electron chi connectivity index (χ1n) is 28.1. The Labute approximate surface area is 441 Å². The third-order valence-electron chi connectivity index (χ3n) is 15.8. The molecule has 4 aromatic carbocycles. The van der Waals surface area contributed by atoms with Gasteiger partial charge in [0.25, 0.3) is 0 Å². The first-order valence-corrected chi connectivity index (χ1v) is 28.1. The first-order chi connectivity index (χ1) is 32.3. The Morgan fingerprint density at radius 2 is 0.522 bits per heavy atom. The van der Waals surface area contributed by atoms with Gasteiger partial charge in [0.05, 0.1) is 0 Å². The van der Waals surface area contributed by atoms with Crippen molar-refractivity contribution in [2.24, 2.45) is 35.5 Å². The Bertz CT molecular complexity index is 1520. The second kappa shape index (κ2) is 38.5. The first kappa shape index (κ1) is 59.0. The van der Waals surface area contributed by atoms with Crippen LogP contribution in [0.2, 0.25) is 0 Å². The van der Waals surface area contributed by atoms with E-state index in [2.05, 4.69) is 121 Å². The summed E-state index contributed by atoms with van der Waals surface area (Å²) in [6.07, 6.45) is 51.4. The second-order valence-electron chi connectivity index (χ2n) is 20.8. The van der Waals surface area contributed by atoms with Crippen LogP contribution in [0.5, 0.6) is 0 Å². The Morgan fingerprint density at radius 3 is 0.701 bits per heavy atom. The van der Waals surface area contributed by atoms with Crippen molar-refractivity contribution < 1.29 is 32.7 Å². The summed E-state index contributed by atoms with van der Waals surface area (Å²) < 4.78 is 0. The second-order valence-corrected chi connectivity index (χ2v) is 20.8. The van der Waals surface area contributed by atoms with Crippen LogP contribution in [0.3, 0.4) is 0 Å². The monoisotopic (exact) mass is 981 g/mol. The minimum atomic E-state index is 0. The van der Waals surface area contributed by atoms with Gasteiger partial charge in [-0.15, -0.1) is 0 Å². The van der Waals surface area contributed by atoms with E-state index in [4.69, 9.17) is 0 Å². The van der Waals surface area contributed by atoms with Crippen molar-refractivity contribution in [3.63, 3.8) is 0 Å². The van der Waals surface area contributed by atoms with Crippen LogP contribution in [0.15, 0.2) is 133 Å². The van der Waals surface area contributed by atoms with Gasteiger partial charge in [-0.3, -0.25) is 0 Å². The number of benzene rings is 4. The SMILES string of the molecule is C1=CC2CCC1CC2.C1CC2CCC1C2.C1CC2CCC1CC2.C1CCC1.C1CCCC1.C1CCCCC1.CC.[CH3-].[Y].c1ccc(-c2ccccc2)cc1.c1ccc(Cc2ccccc2)cc1. The van der Waals surface area contributed by atoms with Gasteiger partial charge in [0.15, 0.2) is 0 Å². The minimum absolute atomic E-state index is 0. The fourth-order valence-corrected chi connectivity index (χ4v) is 11.2. The maximum atomic E-state index is 2.41. The molecule has 9 saturated carbocycles. The van der Waals surface area contributed by atoms with Crippen LogP contribution in [0, 0.1) is 42.9 Å². The summed E-state index contributed by atoms with van der Waals surface area (Å²) in [5, 5.41) is 0.